The predicted octanol–water partition coefficient (Wildman–Crippen LogP) is 3.13. The van der Waals surface area contributed by atoms with Gasteiger partial charge in [0.05, 0.1) is 17.9 Å². The number of nitrogens with zero attached hydrogens (tertiary/aromatic N) is 2. The van der Waals surface area contributed by atoms with Gasteiger partial charge in [-0.1, -0.05) is 37.3 Å². The van der Waals surface area contributed by atoms with Gasteiger partial charge in [-0.15, -0.1) is 0 Å². The Balaban J connectivity index is 1.58. The topological polar surface area (TPSA) is 108 Å². The van der Waals surface area contributed by atoms with Crippen molar-refractivity contribution in [2.45, 2.75) is 44.4 Å². The molecule has 2 heterocycles. The van der Waals surface area contributed by atoms with Crippen molar-refractivity contribution in [2.75, 3.05) is 5.32 Å². The summed E-state index contributed by atoms with van der Waals surface area (Å²) >= 11 is 0. The Bertz CT molecular complexity index is 1020. The van der Waals surface area contributed by atoms with Gasteiger partial charge in [0.2, 0.25) is 5.78 Å². The number of aromatic nitrogens is 2. The number of benzene rings is 1. The van der Waals surface area contributed by atoms with E-state index in [9.17, 15) is 15.0 Å². The number of furan rings is 1. The fourth-order valence-corrected chi connectivity index (χ4v) is 3.92. The molecule has 1 fully saturated rings. The van der Waals surface area contributed by atoms with Gasteiger partial charge in [-0.05, 0) is 37.3 Å². The van der Waals surface area contributed by atoms with E-state index in [0.717, 1.165) is 6.42 Å². The van der Waals surface area contributed by atoms with E-state index in [2.05, 4.69) is 15.3 Å². The van der Waals surface area contributed by atoms with Crippen molar-refractivity contribution in [3.8, 4) is 0 Å². The van der Waals surface area contributed by atoms with Gasteiger partial charge in [-0.2, -0.15) is 0 Å². The maximum atomic E-state index is 13.1. The van der Waals surface area contributed by atoms with Gasteiger partial charge in [0.15, 0.2) is 5.76 Å². The first-order valence-electron chi connectivity index (χ1n) is 10.0. The van der Waals surface area contributed by atoms with Crippen LogP contribution in [0.1, 0.15) is 53.9 Å². The van der Waals surface area contributed by atoms with Gasteiger partial charge in [-0.3, -0.25) is 4.79 Å². The minimum atomic E-state index is -1.30. The predicted molar refractivity (Wildman–Crippen MR) is 111 cm³/mol. The SMILES string of the molecule is C[C@@H]1C[C@@H](Nc2ncncc2C(=O)c2cc([C@](C)(O)c3ccccc3)co2)C[C@@H]1O. The molecule has 1 aliphatic carbocycles. The molecule has 0 amide bonds. The van der Waals surface area contributed by atoms with Crippen LogP contribution >= 0.6 is 0 Å². The minimum absolute atomic E-state index is 0.0300. The van der Waals surface area contributed by atoms with Crippen molar-refractivity contribution in [3.05, 3.63) is 77.6 Å². The monoisotopic (exact) mass is 407 g/mol. The average Bonchev–Trinajstić information content (AvgIpc) is 3.36. The number of aliphatic hydroxyl groups is 2. The van der Waals surface area contributed by atoms with Crippen molar-refractivity contribution in [1.82, 2.24) is 9.97 Å². The molecular formula is C23H25N3O4. The number of aliphatic hydroxyl groups excluding tert-OH is 1. The molecule has 156 valence electrons. The third kappa shape index (κ3) is 3.86. The van der Waals surface area contributed by atoms with E-state index >= 15 is 0 Å². The maximum Gasteiger partial charge on any atom is 0.233 e. The van der Waals surface area contributed by atoms with Crippen LogP contribution in [0.4, 0.5) is 5.82 Å². The van der Waals surface area contributed by atoms with E-state index in [-0.39, 0.29) is 35.2 Å². The van der Waals surface area contributed by atoms with Gasteiger partial charge < -0.3 is 19.9 Å². The number of carbonyl (C=O) groups is 1. The molecule has 4 rings (SSSR count). The zero-order valence-electron chi connectivity index (χ0n) is 16.9. The normalized spacial score (nSPS) is 23.1. The van der Waals surface area contributed by atoms with Gasteiger partial charge in [0, 0.05) is 17.8 Å². The Morgan fingerprint density at radius 3 is 2.70 bits per heavy atom. The molecule has 7 nitrogen and oxygen atoms in total. The van der Waals surface area contributed by atoms with Crippen LogP contribution in [0.25, 0.3) is 0 Å². The summed E-state index contributed by atoms with van der Waals surface area (Å²) in [5.74, 6) is 0.323. The highest BCUT2D eigenvalue weighted by atomic mass is 16.3. The highest BCUT2D eigenvalue weighted by Gasteiger charge is 2.32. The van der Waals surface area contributed by atoms with Crippen LogP contribution in [0.3, 0.4) is 0 Å². The summed E-state index contributed by atoms with van der Waals surface area (Å²) in [5, 5.41) is 24.2. The number of hydrogen-bond acceptors (Lipinski definition) is 7. The zero-order valence-corrected chi connectivity index (χ0v) is 16.9. The first kappa shape index (κ1) is 20.3. The molecule has 1 aromatic carbocycles. The molecule has 7 heteroatoms. The largest absolute Gasteiger partial charge is 0.460 e. The average molecular weight is 407 g/mol. The smallest absolute Gasteiger partial charge is 0.233 e. The first-order chi connectivity index (χ1) is 14.4. The summed E-state index contributed by atoms with van der Waals surface area (Å²) in [4.78, 5) is 21.3. The number of carbonyl (C=O) groups excluding carboxylic acids is 1. The molecule has 3 N–H and O–H groups in total. The first-order valence-corrected chi connectivity index (χ1v) is 10.0. The van der Waals surface area contributed by atoms with E-state index in [1.165, 1.54) is 18.8 Å². The van der Waals surface area contributed by atoms with E-state index < -0.39 is 5.60 Å². The van der Waals surface area contributed by atoms with Crippen molar-refractivity contribution in [3.63, 3.8) is 0 Å². The number of hydrogen-bond donors (Lipinski definition) is 3. The number of nitrogens with one attached hydrogen (secondary N) is 1. The summed E-state index contributed by atoms with van der Waals surface area (Å²) in [6, 6.07) is 10.8. The molecule has 0 saturated heterocycles. The Morgan fingerprint density at radius 2 is 2.00 bits per heavy atom. The Morgan fingerprint density at radius 1 is 1.23 bits per heavy atom. The zero-order chi connectivity index (χ0) is 21.3. The lowest BCUT2D eigenvalue weighted by molar-refractivity contribution is 0.100. The molecule has 0 unspecified atom stereocenters. The lowest BCUT2D eigenvalue weighted by Crippen LogP contribution is -2.22. The molecule has 2 aromatic heterocycles. The van der Waals surface area contributed by atoms with Gasteiger partial charge >= 0.3 is 0 Å². The van der Waals surface area contributed by atoms with Crippen LogP contribution < -0.4 is 5.32 Å². The maximum absolute atomic E-state index is 13.1. The van der Waals surface area contributed by atoms with Gasteiger partial charge in [0.1, 0.15) is 17.7 Å². The molecule has 0 radical (unpaired) electrons. The van der Waals surface area contributed by atoms with Crippen LogP contribution in [0.5, 0.6) is 0 Å². The second-order valence-electron chi connectivity index (χ2n) is 8.11. The molecule has 0 bridgehead atoms. The molecule has 1 saturated carbocycles. The highest BCUT2D eigenvalue weighted by molar-refractivity contribution is 6.10. The molecule has 0 spiro atoms. The highest BCUT2D eigenvalue weighted by Crippen LogP contribution is 2.32. The third-order valence-electron chi connectivity index (χ3n) is 5.86. The molecule has 1 aliphatic rings. The van der Waals surface area contributed by atoms with Crippen molar-refractivity contribution in [2.24, 2.45) is 5.92 Å². The van der Waals surface area contributed by atoms with E-state index in [1.54, 1.807) is 13.0 Å². The second-order valence-corrected chi connectivity index (χ2v) is 8.11. The van der Waals surface area contributed by atoms with Crippen LogP contribution in [-0.2, 0) is 5.60 Å². The van der Waals surface area contributed by atoms with E-state index in [0.29, 0.717) is 23.4 Å². The molecule has 30 heavy (non-hydrogen) atoms. The van der Waals surface area contributed by atoms with Crippen molar-refractivity contribution in [1.29, 1.82) is 0 Å². The fraction of sp³-hybridized carbons (Fsp3) is 0.348. The lowest BCUT2D eigenvalue weighted by atomic mass is 9.90. The van der Waals surface area contributed by atoms with E-state index in [1.807, 2.05) is 37.3 Å². The number of ketones is 1. The van der Waals surface area contributed by atoms with Crippen LogP contribution in [0, 0.1) is 5.92 Å². The summed E-state index contributed by atoms with van der Waals surface area (Å²) in [7, 11) is 0. The Kier molecular flexibility index (Phi) is 5.40. The van der Waals surface area contributed by atoms with Crippen molar-refractivity contribution >= 4 is 11.6 Å². The van der Waals surface area contributed by atoms with Crippen LogP contribution in [0.2, 0.25) is 0 Å². The van der Waals surface area contributed by atoms with Crippen LogP contribution in [0.15, 0.2) is 59.6 Å². The minimum Gasteiger partial charge on any atom is -0.460 e. The number of anilines is 1. The van der Waals surface area contributed by atoms with Gasteiger partial charge in [0.25, 0.3) is 0 Å². The van der Waals surface area contributed by atoms with E-state index in [4.69, 9.17) is 4.42 Å². The lowest BCUT2D eigenvalue weighted by Gasteiger charge is -2.22. The summed E-state index contributed by atoms with van der Waals surface area (Å²) in [6.07, 6.45) is 5.25. The van der Waals surface area contributed by atoms with Crippen molar-refractivity contribution < 1.29 is 19.4 Å². The molecular weight excluding hydrogens is 382 g/mol. The summed E-state index contributed by atoms with van der Waals surface area (Å²) in [5.41, 5.74) is 0.167. The standard InChI is InChI=1S/C23H25N3O4/c1-14-8-17(10-19(14)27)26-22-18(11-24-13-25-22)21(28)20-9-16(12-30-20)23(2,29)15-6-4-3-5-7-15/h3-7,9,11-14,17,19,27,29H,8,10H2,1-2H3,(H,24,25,26)/t14-,17-,19+,23-/m1/s1. The molecule has 4 atom stereocenters. The molecule has 3 aromatic rings. The molecule has 0 aliphatic heterocycles. The third-order valence-corrected chi connectivity index (χ3v) is 5.86. The quantitative estimate of drug-likeness (QED) is 0.539. The fourth-order valence-electron chi connectivity index (χ4n) is 3.92. The van der Waals surface area contributed by atoms with Crippen LogP contribution in [-0.4, -0.2) is 38.1 Å². The number of rotatable bonds is 6. The Labute approximate surface area is 174 Å². The van der Waals surface area contributed by atoms with Gasteiger partial charge in [-0.25, -0.2) is 9.97 Å². The summed E-state index contributed by atoms with van der Waals surface area (Å²) < 4.78 is 5.51. The Hall–Kier alpha value is -3.03. The summed E-state index contributed by atoms with van der Waals surface area (Å²) in [6.45, 7) is 3.66. The second kappa shape index (κ2) is 8.01.